The van der Waals surface area contributed by atoms with Gasteiger partial charge in [-0.3, -0.25) is 4.57 Å². The van der Waals surface area contributed by atoms with Gasteiger partial charge in [0, 0.05) is 6.04 Å². The first kappa shape index (κ1) is 11.2. The third-order valence-electron chi connectivity index (χ3n) is 2.30. The van der Waals surface area contributed by atoms with Crippen molar-refractivity contribution < 1.29 is 14.0 Å². The number of hydrogen-bond acceptors (Lipinski definition) is 3. The van der Waals surface area contributed by atoms with Crippen LogP contribution < -0.4 is 5.32 Å². The van der Waals surface area contributed by atoms with E-state index in [1.165, 1.54) is 0 Å². The maximum absolute atomic E-state index is 11.6. The summed E-state index contributed by atoms with van der Waals surface area (Å²) in [4.78, 5) is 9.53. The molecule has 2 N–H and O–H groups in total. The Labute approximate surface area is 79.2 Å². The van der Waals surface area contributed by atoms with E-state index in [9.17, 15) is 9.46 Å². The highest BCUT2D eigenvalue weighted by Crippen LogP contribution is 2.49. The molecule has 1 saturated heterocycles. The second kappa shape index (κ2) is 4.56. The Kier molecular flexibility index (Phi) is 3.92. The second-order valence-electron chi connectivity index (χ2n) is 3.50. The van der Waals surface area contributed by atoms with Crippen LogP contribution in [0.3, 0.4) is 0 Å². The molecule has 3 atom stereocenters. The first-order chi connectivity index (χ1) is 6.06. The van der Waals surface area contributed by atoms with Crippen LogP contribution in [-0.4, -0.2) is 23.3 Å². The van der Waals surface area contributed by atoms with Crippen molar-refractivity contribution in [2.75, 3.05) is 6.61 Å². The van der Waals surface area contributed by atoms with Gasteiger partial charge in [-0.15, -0.1) is 0 Å². The predicted octanol–water partition coefficient (Wildman–Crippen LogP) is 1.70. The molecule has 1 heterocycles. The van der Waals surface area contributed by atoms with Gasteiger partial charge >= 0.3 is 7.60 Å². The van der Waals surface area contributed by atoms with Crippen molar-refractivity contribution in [3.63, 3.8) is 0 Å². The minimum atomic E-state index is -3.42. The lowest BCUT2D eigenvalue weighted by molar-refractivity contribution is 0.242. The summed E-state index contributed by atoms with van der Waals surface area (Å²) in [6.07, 6.45) is 2.80. The van der Waals surface area contributed by atoms with Gasteiger partial charge in [-0.05, 0) is 33.1 Å². The maximum atomic E-state index is 11.6. The molecule has 4 nitrogen and oxygen atoms in total. The van der Waals surface area contributed by atoms with Gasteiger partial charge in [-0.25, -0.2) is 0 Å². The van der Waals surface area contributed by atoms with Gasteiger partial charge in [0.15, 0.2) is 0 Å². The van der Waals surface area contributed by atoms with Crippen molar-refractivity contribution in [2.24, 2.45) is 0 Å². The third kappa shape index (κ3) is 3.06. The largest absolute Gasteiger partial charge is 0.344 e. The van der Waals surface area contributed by atoms with E-state index in [2.05, 4.69) is 5.32 Å². The molecule has 0 aromatic heterocycles. The molecule has 1 aliphatic heterocycles. The minimum Gasteiger partial charge on any atom is -0.323 e. The zero-order chi connectivity index (χ0) is 9.90. The zero-order valence-corrected chi connectivity index (χ0v) is 9.09. The summed E-state index contributed by atoms with van der Waals surface area (Å²) in [7, 11) is -3.42. The van der Waals surface area contributed by atoms with Crippen LogP contribution in [0.2, 0.25) is 0 Å². The lowest BCUT2D eigenvalue weighted by atomic mass is 10.1. The maximum Gasteiger partial charge on any atom is 0.344 e. The molecule has 0 aromatic rings. The summed E-state index contributed by atoms with van der Waals surface area (Å²) in [5.74, 6) is -0.365. The highest BCUT2D eigenvalue weighted by atomic mass is 31.2. The molecule has 3 unspecified atom stereocenters. The number of rotatable bonds is 3. The van der Waals surface area contributed by atoms with Crippen LogP contribution >= 0.6 is 7.60 Å². The Balaban J connectivity index is 2.54. The topological polar surface area (TPSA) is 58.6 Å². The molecule has 1 fully saturated rings. The summed E-state index contributed by atoms with van der Waals surface area (Å²) in [5, 5.41) is 3.10. The van der Waals surface area contributed by atoms with Crippen LogP contribution in [0.25, 0.3) is 0 Å². The predicted molar refractivity (Wildman–Crippen MR) is 51.7 cm³/mol. The van der Waals surface area contributed by atoms with Gasteiger partial charge in [0.2, 0.25) is 0 Å². The monoisotopic (exact) mass is 207 g/mol. The fourth-order valence-corrected chi connectivity index (χ4v) is 3.15. The van der Waals surface area contributed by atoms with Crippen LogP contribution in [0.4, 0.5) is 0 Å². The summed E-state index contributed by atoms with van der Waals surface area (Å²) < 4.78 is 16.5. The fraction of sp³-hybridized carbons (Fsp3) is 1.00. The highest BCUT2D eigenvalue weighted by molar-refractivity contribution is 7.53. The Hall–Kier alpha value is 0.110. The molecule has 0 bridgehead atoms. The SMILES string of the molecule is CCOP(=O)(O)C1CCCC(C)N1. The average molecular weight is 207 g/mol. The van der Waals surface area contributed by atoms with Crippen molar-refractivity contribution in [1.29, 1.82) is 0 Å². The molecule has 1 aliphatic rings. The van der Waals surface area contributed by atoms with E-state index >= 15 is 0 Å². The van der Waals surface area contributed by atoms with Gasteiger partial charge in [0.05, 0.1) is 6.61 Å². The highest BCUT2D eigenvalue weighted by Gasteiger charge is 2.34. The van der Waals surface area contributed by atoms with E-state index in [1.807, 2.05) is 6.92 Å². The summed E-state index contributed by atoms with van der Waals surface area (Å²) in [5.41, 5.74) is 0. The van der Waals surface area contributed by atoms with E-state index in [1.54, 1.807) is 6.92 Å². The second-order valence-corrected chi connectivity index (χ2v) is 5.51. The van der Waals surface area contributed by atoms with Crippen molar-refractivity contribution in [3.05, 3.63) is 0 Å². The quantitative estimate of drug-likeness (QED) is 0.691. The van der Waals surface area contributed by atoms with Gasteiger partial charge in [0.1, 0.15) is 5.78 Å². The van der Waals surface area contributed by atoms with Gasteiger partial charge in [-0.2, -0.15) is 0 Å². The smallest absolute Gasteiger partial charge is 0.323 e. The van der Waals surface area contributed by atoms with E-state index in [0.717, 1.165) is 19.3 Å². The third-order valence-corrected chi connectivity index (χ3v) is 4.12. The Morgan fingerprint density at radius 3 is 2.85 bits per heavy atom. The molecule has 13 heavy (non-hydrogen) atoms. The molecule has 5 heteroatoms. The van der Waals surface area contributed by atoms with Crippen molar-refractivity contribution in [1.82, 2.24) is 5.32 Å². The summed E-state index contributed by atoms with van der Waals surface area (Å²) in [6, 6.07) is 0.319. The van der Waals surface area contributed by atoms with E-state index < -0.39 is 7.60 Å². The number of nitrogens with one attached hydrogen (secondary N) is 1. The van der Waals surface area contributed by atoms with Crippen molar-refractivity contribution in [2.45, 2.75) is 44.9 Å². The molecule has 78 valence electrons. The molecule has 0 radical (unpaired) electrons. The Bertz CT molecular complexity index is 210. The lowest BCUT2D eigenvalue weighted by Crippen LogP contribution is -2.40. The van der Waals surface area contributed by atoms with Crippen LogP contribution in [-0.2, 0) is 9.09 Å². The van der Waals surface area contributed by atoms with Crippen LogP contribution in [0.5, 0.6) is 0 Å². The van der Waals surface area contributed by atoms with Gasteiger partial charge in [0.25, 0.3) is 0 Å². The van der Waals surface area contributed by atoms with Crippen molar-refractivity contribution in [3.8, 4) is 0 Å². The Morgan fingerprint density at radius 2 is 2.31 bits per heavy atom. The van der Waals surface area contributed by atoms with E-state index in [0.29, 0.717) is 12.6 Å². The first-order valence-electron chi connectivity index (χ1n) is 4.79. The molecule has 1 rings (SSSR count). The molecule has 0 aliphatic carbocycles. The van der Waals surface area contributed by atoms with Gasteiger partial charge in [-0.1, -0.05) is 0 Å². The molecule has 0 spiro atoms. The van der Waals surface area contributed by atoms with Crippen LogP contribution in [0, 0.1) is 0 Å². The normalized spacial score (nSPS) is 34.1. The molecule has 0 amide bonds. The number of piperidine rings is 1. The summed E-state index contributed by atoms with van der Waals surface area (Å²) in [6.45, 7) is 4.05. The molecule has 0 aromatic carbocycles. The first-order valence-corrected chi connectivity index (χ1v) is 6.44. The van der Waals surface area contributed by atoms with Crippen LogP contribution in [0.1, 0.15) is 33.1 Å². The van der Waals surface area contributed by atoms with Gasteiger partial charge < -0.3 is 14.7 Å². The summed E-state index contributed by atoms with van der Waals surface area (Å²) >= 11 is 0. The zero-order valence-electron chi connectivity index (χ0n) is 8.19. The molecule has 0 saturated carbocycles. The molecular formula is C8H18NO3P. The lowest BCUT2D eigenvalue weighted by Gasteiger charge is -2.30. The van der Waals surface area contributed by atoms with Crippen molar-refractivity contribution >= 4 is 7.60 Å². The van der Waals surface area contributed by atoms with Crippen LogP contribution in [0.15, 0.2) is 0 Å². The average Bonchev–Trinajstić information content (AvgIpc) is 2.04. The standard InChI is InChI=1S/C8H18NO3P/c1-3-12-13(10,11)8-6-4-5-7(2)9-8/h7-9H,3-6H2,1-2H3,(H,10,11). The van der Waals surface area contributed by atoms with E-state index in [4.69, 9.17) is 4.52 Å². The number of hydrogen-bond donors (Lipinski definition) is 2. The molecular weight excluding hydrogens is 189 g/mol. The Morgan fingerprint density at radius 1 is 1.62 bits per heavy atom. The minimum absolute atomic E-state index is 0.292. The van der Waals surface area contributed by atoms with E-state index in [-0.39, 0.29) is 5.78 Å². The fourth-order valence-electron chi connectivity index (χ4n) is 1.64.